The van der Waals surface area contributed by atoms with Gasteiger partial charge < -0.3 is 4.74 Å². The zero-order valence-electron chi connectivity index (χ0n) is 17.0. The molecule has 0 aliphatic heterocycles. The summed E-state index contributed by atoms with van der Waals surface area (Å²) in [6, 6.07) is 19.1. The molecule has 7 heteroatoms. The van der Waals surface area contributed by atoms with Crippen LogP contribution in [0.4, 0.5) is 5.13 Å². The molecule has 2 aromatic carbocycles. The molecule has 0 fully saturated rings. The van der Waals surface area contributed by atoms with Crippen LogP contribution in [0, 0.1) is 11.3 Å². The summed E-state index contributed by atoms with van der Waals surface area (Å²) < 4.78 is 5.96. The van der Waals surface area contributed by atoms with Crippen LogP contribution in [0.25, 0.3) is 6.08 Å². The van der Waals surface area contributed by atoms with E-state index in [1.807, 2.05) is 69.3 Å². The molecule has 0 saturated carbocycles. The van der Waals surface area contributed by atoms with E-state index >= 15 is 0 Å². The molecule has 1 unspecified atom stereocenters. The Morgan fingerprint density at radius 2 is 1.80 bits per heavy atom. The maximum Gasteiger partial charge on any atom is 0.268 e. The molecule has 1 heterocycles. The number of ether oxygens (including phenoxy) is 1. The summed E-state index contributed by atoms with van der Waals surface area (Å²) >= 11 is 1.30. The molecule has 0 saturated heterocycles. The van der Waals surface area contributed by atoms with E-state index in [9.17, 15) is 10.1 Å². The van der Waals surface area contributed by atoms with Crippen LogP contribution < -0.4 is 10.1 Å². The number of nitrogens with zero attached hydrogens (tertiary/aromatic N) is 3. The van der Waals surface area contributed by atoms with Crippen LogP contribution >= 0.6 is 11.3 Å². The van der Waals surface area contributed by atoms with Crippen molar-refractivity contribution in [1.82, 2.24) is 10.2 Å². The lowest BCUT2D eigenvalue weighted by Crippen LogP contribution is -2.13. The van der Waals surface area contributed by atoms with Crippen molar-refractivity contribution >= 4 is 28.5 Å². The van der Waals surface area contributed by atoms with Gasteiger partial charge in [-0.15, -0.1) is 10.2 Å². The second-order valence-electron chi connectivity index (χ2n) is 6.96. The fourth-order valence-corrected chi connectivity index (χ4v) is 3.38. The third-order valence-electron chi connectivity index (χ3n) is 4.29. The lowest BCUT2D eigenvalue weighted by molar-refractivity contribution is -0.112. The van der Waals surface area contributed by atoms with E-state index in [0.29, 0.717) is 10.9 Å². The fraction of sp³-hybridized carbons (Fsp3) is 0.217. The lowest BCUT2D eigenvalue weighted by Gasteiger charge is -2.15. The first kappa shape index (κ1) is 21.2. The number of hydrogen-bond acceptors (Lipinski definition) is 6. The second-order valence-corrected chi connectivity index (χ2v) is 7.97. The molecule has 0 bridgehead atoms. The van der Waals surface area contributed by atoms with Gasteiger partial charge in [0.2, 0.25) is 5.13 Å². The summed E-state index contributed by atoms with van der Waals surface area (Å²) in [4.78, 5) is 12.4. The van der Waals surface area contributed by atoms with Crippen molar-refractivity contribution in [3.63, 3.8) is 0 Å². The van der Waals surface area contributed by atoms with Gasteiger partial charge in [-0.2, -0.15) is 5.26 Å². The number of nitrogens with one attached hydrogen (secondary N) is 1. The number of amides is 1. The predicted octanol–water partition coefficient (Wildman–Crippen LogP) is 5.35. The van der Waals surface area contributed by atoms with E-state index in [0.717, 1.165) is 16.1 Å². The van der Waals surface area contributed by atoms with Crippen LogP contribution in [0.5, 0.6) is 5.75 Å². The summed E-state index contributed by atoms with van der Waals surface area (Å²) in [7, 11) is 0. The van der Waals surface area contributed by atoms with Crippen LogP contribution in [-0.4, -0.2) is 16.1 Å². The number of carbonyl (C=O) groups excluding carboxylic acids is 1. The van der Waals surface area contributed by atoms with Crippen molar-refractivity contribution in [1.29, 1.82) is 5.26 Å². The third kappa shape index (κ3) is 5.52. The van der Waals surface area contributed by atoms with Crippen molar-refractivity contribution in [2.24, 2.45) is 0 Å². The minimum absolute atomic E-state index is 0.0115. The van der Waals surface area contributed by atoms with E-state index in [2.05, 4.69) is 15.5 Å². The quantitative estimate of drug-likeness (QED) is 0.413. The predicted molar refractivity (Wildman–Crippen MR) is 118 cm³/mol. The van der Waals surface area contributed by atoms with Gasteiger partial charge in [0.15, 0.2) is 0 Å². The van der Waals surface area contributed by atoms with Gasteiger partial charge in [-0.05, 0) is 36.3 Å². The highest BCUT2D eigenvalue weighted by molar-refractivity contribution is 7.15. The molecule has 1 aromatic heterocycles. The Kier molecular flexibility index (Phi) is 6.94. The van der Waals surface area contributed by atoms with Gasteiger partial charge in [0, 0.05) is 5.92 Å². The van der Waals surface area contributed by atoms with E-state index < -0.39 is 5.91 Å². The Bertz CT molecular complexity index is 1070. The Morgan fingerprint density at radius 1 is 1.10 bits per heavy atom. The van der Waals surface area contributed by atoms with Gasteiger partial charge in [-0.1, -0.05) is 67.6 Å². The van der Waals surface area contributed by atoms with Crippen molar-refractivity contribution in [3.05, 3.63) is 76.3 Å². The highest BCUT2D eigenvalue weighted by Gasteiger charge is 2.14. The Hall–Kier alpha value is -3.50. The van der Waals surface area contributed by atoms with Crippen molar-refractivity contribution in [3.8, 4) is 11.8 Å². The summed E-state index contributed by atoms with van der Waals surface area (Å²) in [5.41, 5.74) is 1.80. The van der Waals surface area contributed by atoms with Crippen LogP contribution in [0.3, 0.4) is 0 Å². The molecule has 1 atom stereocenters. The molecule has 6 nitrogen and oxygen atoms in total. The molecular weight excluding hydrogens is 396 g/mol. The van der Waals surface area contributed by atoms with E-state index in [1.165, 1.54) is 17.4 Å². The minimum atomic E-state index is -0.512. The Morgan fingerprint density at radius 3 is 2.40 bits per heavy atom. The maximum absolute atomic E-state index is 12.4. The molecule has 3 aromatic rings. The summed E-state index contributed by atoms with van der Waals surface area (Å²) in [5.74, 6) is 0.424. The smallest absolute Gasteiger partial charge is 0.268 e. The zero-order chi connectivity index (χ0) is 21.5. The molecule has 3 rings (SSSR count). The molecule has 0 radical (unpaired) electrons. The van der Waals surface area contributed by atoms with Gasteiger partial charge >= 0.3 is 0 Å². The molecule has 1 N–H and O–H groups in total. The number of hydrogen-bond donors (Lipinski definition) is 1. The van der Waals surface area contributed by atoms with Crippen LogP contribution in [0.1, 0.15) is 48.9 Å². The Labute approximate surface area is 179 Å². The largest absolute Gasteiger partial charge is 0.486 e. The molecule has 152 valence electrons. The summed E-state index contributed by atoms with van der Waals surface area (Å²) in [5, 5.41) is 21.2. The minimum Gasteiger partial charge on any atom is -0.486 e. The average Bonchev–Trinajstić information content (AvgIpc) is 3.22. The lowest BCUT2D eigenvalue weighted by atomic mass is 10.1. The highest BCUT2D eigenvalue weighted by Crippen LogP contribution is 2.24. The monoisotopic (exact) mass is 418 g/mol. The van der Waals surface area contributed by atoms with Gasteiger partial charge in [-0.25, -0.2) is 0 Å². The van der Waals surface area contributed by atoms with Crippen LogP contribution in [0.2, 0.25) is 0 Å². The van der Waals surface area contributed by atoms with Gasteiger partial charge in [0.1, 0.15) is 28.5 Å². The number of anilines is 1. The van der Waals surface area contributed by atoms with Crippen LogP contribution in [0.15, 0.2) is 60.2 Å². The summed E-state index contributed by atoms with van der Waals surface area (Å²) in [6.45, 7) is 5.99. The molecule has 1 amide bonds. The molecule has 30 heavy (non-hydrogen) atoms. The topological polar surface area (TPSA) is 87.9 Å². The first-order chi connectivity index (χ1) is 14.5. The standard InChI is InChI=1S/C23H22N4O2S/c1-15(2)22-26-27-23(30-22)25-21(28)19(14-24)13-17-9-11-20(12-10-17)29-16(3)18-7-5-4-6-8-18/h4-13,15-16H,1-3H3,(H,25,27,28)/b19-13-. The number of rotatable bonds is 7. The first-order valence-corrected chi connectivity index (χ1v) is 10.4. The zero-order valence-corrected chi connectivity index (χ0v) is 17.8. The van der Waals surface area contributed by atoms with Gasteiger partial charge in [0.05, 0.1) is 0 Å². The van der Waals surface area contributed by atoms with E-state index in [4.69, 9.17) is 4.74 Å². The van der Waals surface area contributed by atoms with E-state index in [1.54, 1.807) is 12.1 Å². The second kappa shape index (κ2) is 9.81. The van der Waals surface area contributed by atoms with Crippen molar-refractivity contribution in [2.45, 2.75) is 32.8 Å². The van der Waals surface area contributed by atoms with Crippen molar-refractivity contribution < 1.29 is 9.53 Å². The molecule has 0 aliphatic carbocycles. The third-order valence-corrected chi connectivity index (χ3v) is 5.43. The molecule has 0 aliphatic rings. The molecular formula is C23H22N4O2S. The molecule has 0 spiro atoms. The summed E-state index contributed by atoms with van der Waals surface area (Å²) in [6.07, 6.45) is 1.44. The maximum atomic E-state index is 12.4. The normalized spacial score (nSPS) is 12.3. The Balaban J connectivity index is 1.66. The number of carbonyl (C=O) groups is 1. The van der Waals surface area contributed by atoms with Crippen molar-refractivity contribution in [2.75, 3.05) is 5.32 Å². The highest BCUT2D eigenvalue weighted by atomic mass is 32.1. The number of nitriles is 1. The van der Waals surface area contributed by atoms with Gasteiger partial charge in [0.25, 0.3) is 5.91 Å². The van der Waals surface area contributed by atoms with E-state index in [-0.39, 0.29) is 17.6 Å². The fourth-order valence-electron chi connectivity index (χ4n) is 2.64. The van der Waals surface area contributed by atoms with Crippen LogP contribution in [-0.2, 0) is 4.79 Å². The van der Waals surface area contributed by atoms with Gasteiger partial charge in [-0.3, -0.25) is 10.1 Å². The number of aromatic nitrogens is 2. The average molecular weight is 419 g/mol. The SMILES string of the molecule is CC(C)c1nnc(NC(=O)/C(C#N)=C\c2ccc(OC(C)c3ccccc3)cc2)s1. The number of benzene rings is 2. The first-order valence-electron chi connectivity index (χ1n) is 9.54.